The van der Waals surface area contributed by atoms with Gasteiger partial charge in [-0.05, 0) is 49.8 Å². The van der Waals surface area contributed by atoms with Crippen molar-refractivity contribution in [2.45, 2.75) is 110 Å². The molecule has 34 heavy (non-hydrogen) atoms. The Balaban J connectivity index is 1.74. The lowest BCUT2D eigenvalue weighted by molar-refractivity contribution is -0.142. The van der Waals surface area contributed by atoms with Crippen molar-refractivity contribution in [2.24, 2.45) is 0 Å². The summed E-state index contributed by atoms with van der Waals surface area (Å²) in [6.07, 6.45) is 23.1. The monoisotopic (exact) mass is 464 g/mol. The SMILES string of the molecule is CCCCCCCCCc1cnc(-c2ccc(C=CC(=O)O[C@H](C)CCCCCC)cc2)nc1. The van der Waals surface area contributed by atoms with Gasteiger partial charge >= 0.3 is 5.97 Å². The Kier molecular flexibility index (Phi) is 13.9. The lowest BCUT2D eigenvalue weighted by Gasteiger charge is -2.11. The van der Waals surface area contributed by atoms with Crippen LogP contribution in [0.5, 0.6) is 0 Å². The molecule has 0 aliphatic rings. The molecule has 0 aliphatic carbocycles. The van der Waals surface area contributed by atoms with Crippen LogP contribution >= 0.6 is 0 Å². The molecule has 0 spiro atoms. The molecule has 1 aromatic heterocycles. The number of carbonyl (C=O) groups excluding carboxylic acids is 1. The number of benzene rings is 1. The maximum atomic E-state index is 12.1. The summed E-state index contributed by atoms with van der Waals surface area (Å²) in [4.78, 5) is 21.2. The summed E-state index contributed by atoms with van der Waals surface area (Å²) in [5, 5.41) is 0. The van der Waals surface area contributed by atoms with Gasteiger partial charge in [-0.1, -0.05) is 95.9 Å². The standard InChI is InChI=1S/C30H44N2O2/c1-4-6-8-10-11-12-14-16-27-23-31-30(32-24-27)28-20-17-26(18-21-28)19-22-29(33)34-25(3)15-13-9-7-5-2/h17-25H,4-16H2,1-3H3/t25-/m1/s1. The van der Waals surface area contributed by atoms with E-state index >= 15 is 0 Å². The van der Waals surface area contributed by atoms with Crippen molar-refractivity contribution in [1.82, 2.24) is 9.97 Å². The van der Waals surface area contributed by atoms with Crippen LogP contribution in [0.15, 0.2) is 42.7 Å². The van der Waals surface area contributed by atoms with Crippen LogP contribution in [0, 0.1) is 0 Å². The molecule has 0 amide bonds. The van der Waals surface area contributed by atoms with E-state index in [0.717, 1.165) is 36.2 Å². The molecule has 2 rings (SSSR count). The number of ether oxygens (including phenoxy) is 1. The summed E-state index contributed by atoms with van der Waals surface area (Å²) < 4.78 is 5.47. The van der Waals surface area contributed by atoms with E-state index in [0.29, 0.717) is 0 Å². The number of hydrogen-bond donors (Lipinski definition) is 0. The molecular formula is C30H44N2O2. The normalized spacial score (nSPS) is 12.2. The zero-order valence-electron chi connectivity index (χ0n) is 21.6. The van der Waals surface area contributed by atoms with Gasteiger partial charge in [0, 0.05) is 24.0 Å². The molecule has 4 heteroatoms. The fraction of sp³-hybridized carbons (Fsp3) is 0.567. The Labute approximate surface area is 207 Å². The van der Waals surface area contributed by atoms with Gasteiger partial charge in [0.25, 0.3) is 0 Å². The van der Waals surface area contributed by atoms with Gasteiger partial charge < -0.3 is 4.74 Å². The summed E-state index contributed by atoms with van der Waals surface area (Å²) in [5.41, 5.74) is 3.13. The first-order valence-corrected chi connectivity index (χ1v) is 13.4. The summed E-state index contributed by atoms with van der Waals surface area (Å²) in [7, 11) is 0. The highest BCUT2D eigenvalue weighted by atomic mass is 16.5. The molecule has 2 aromatic rings. The first-order chi connectivity index (χ1) is 16.6. The number of rotatable bonds is 17. The largest absolute Gasteiger partial charge is 0.460 e. The Morgan fingerprint density at radius 3 is 2.09 bits per heavy atom. The van der Waals surface area contributed by atoms with Crippen LogP contribution in [-0.2, 0) is 16.0 Å². The molecule has 0 radical (unpaired) electrons. The van der Waals surface area contributed by atoms with E-state index < -0.39 is 0 Å². The number of esters is 1. The van der Waals surface area contributed by atoms with E-state index in [2.05, 4.69) is 23.8 Å². The highest BCUT2D eigenvalue weighted by Crippen LogP contribution is 2.17. The fourth-order valence-electron chi connectivity index (χ4n) is 3.98. The van der Waals surface area contributed by atoms with E-state index in [9.17, 15) is 4.79 Å². The first kappa shape index (κ1) is 27.8. The average Bonchev–Trinajstić information content (AvgIpc) is 2.85. The predicted octanol–water partition coefficient (Wildman–Crippen LogP) is 8.35. The minimum Gasteiger partial charge on any atom is -0.460 e. The van der Waals surface area contributed by atoms with Crippen LogP contribution in [-0.4, -0.2) is 22.0 Å². The second kappa shape index (κ2) is 17.0. The smallest absolute Gasteiger partial charge is 0.331 e. The predicted molar refractivity (Wildman–Crippen MR) is 143 cm³/mol. The number of aromatic nitrogens is 2. The fourth-order valence-corrected chi connectivity index (χ4v) is 3.98. The molecular weight excluding hydrogens is 420 g/mol. The van der Waals surface area contributed by atoms with Crippen molar-refractivity contribution < 1.29 is 9.53 Å². The van der Waals surface area contributed by atoms with Crippen LogP contribution in [0.3, 0.4) is 0 Å². The number of aryl methyl sites for hydroxylation is 1. The molecule has 0 saturated heterocycles. The van der Waals surface area contributed by atoms with Crippen LogP contribution in [0.2, 0.25) is 0 Å². The highest BCUT2D eigenvalue weighted by Gasteiger charge is 2.07. The zero-order chi connectivity index (χ0) is 24.4. The second-order valence-corrected chi connectivity index (χ2v) is 9.34. The van der Waals surface area contributed by atoms with Crippen molar-refractivity contribution in [3.05, 3.63) is 53.9 Å². The minimum atomic E-state index is -0.285. The third-order valence-corrected chi connectivity index (χ3v) is 6.14. The van der Waals surface area contributed by atoms with Crippen molar-refractivity contribution in [3.63, 3.8) is 0 Å². The van der Waals surface area contributed by atoms with Gasteiger partial charge in [-0.15, -0.1) is 0 Å². The lowest BCUT2D eigenvalue weighted by Crippen LogP contribution is -2.12. The summed E-state index contributed by atoms with van der Waals surface area (Å²) in [5.74, 6) is 0.446. The molecule has 1 atom stereocenters. The van der Waals surface area contributed by atoms with Gasteiger partial charge in [0.15, 0.2) is 5.82 Å². The minimum absolute atomic E-state index is 0.0395. The van der Waals surface area contributed by atoms with Gasteiger partial charge in [0.2, 0.25) is 0 Å². The molecule has 186 valence electrons. The molecule has 0 N–H and O–H groups in total. The van der Waals surface area contributed by atoms with Crippen LogP contribution in [0.1, 0.15) is 109 Å². The molecule has 0 aliphatic heterocycles. The van der Waals surface area contributed by atoms with Crippen molar-refractivity contribution >= 4 is 12.0 Å². The number of hydrogen-bond acceptors (Lipinski definition) is 4. The maximum Gasteiger partial charge on any atom is 0.331 e. The summed E-state index contributed by atoms with van der Waals surface area (Å²) >= 11 is 0. The van der Waals surface area contributed by atoms with Gasteiger partial charge in [0.05, 0.1) is 6.10 Å². The van der Waals surface area contributed by atoms with E-state index in [1.807, 2.05) is 43.6 Å². The van der Waals surface area contributed by atoms with Crippen molar-refractivity contribution in [1.29, 1.82) is 0 Å². The maximum absolute atomic E-state index is 12.1. The number of carbonyl (C=O) groups is 1. The van der Waals surface area contributed by atoms with Crippen LogP contribution in [0.25, 0.3) is 17.5 Å². The molecule has 1 aromatic carbocycles. The average molecular weight is 465 g/mol. The quantitative estimate of drug-likeness (QED) is 0.134. The number of unbranched alkanes of at least 4 members (excludes halogenated alkanes) is 9. The highest BCUT2D eigenvalue weighted by molar-refractivity contribution is 5.87. The Morgan fingerprint density at radius 1 is 0.853 bits per heavy atom. The molecule has 4 nitrogen and oxygen atoms in total. The first-order valence-electron chi connectivity index (χ1n) is 13.4. The van der Waals surface area contributed by atoms with E-state index in [1.54, 1.807) is 6.08 Å². The van der Waals surface area contributed by atoms with Gasteiger partial charge in [0.1, 0.15) is 0 Å². The van der Waals surface area contributed by atoms with Crippen LogP contribution < -0.4 is 0 Å². The van der Waals surface area contributed by atoms with Crippen LogP contribution in [0.4, 0.5) is 0 Å². The second-order valence-electron chi connectivity index (χ2n) is 9.34. The zero-order valence-corrected chi connectivity index (χ0v) is 21.6. The molecule has 0 saturated carbocycles. The van der Waals surface area contributed by atoms with E-state index in [1.165, 1.54) is 75.8 Å². The third kappa shape index (κ3) is 11.6. The lowest BCUT2D eigenvalue weighted by atomic mass is 10.1. The van der Waals surface area contributed by atoms with Gasteiger partial charge in [-0.2, -0.15) is 0 Å². The Bertz CT molecular complexity index is 828. The molecule has 0 fully saturated rings. The topological polar surface area (TPSA) is 52.1 Å². The summed E-state index contributed by atoms with van der Waals surface area (Å²) in [6, 6.07) is 7.94. The molecule has 0 bridgehead atoms. The Morgan fingerprint density at radius 2 is 1.44 bits per heavy atom. The van der Waals surface area contributed by atoms with Crippen molar-refractivity contribution in [2.75, 3.05) is 0 Å². The van der Waals surface area contributed by atoms with E-state index in [-0.39, 0.29) is 12.1 Å². The summed E-state index contributed by atoms with van der Waals surface area (Å²) in [6.45, 7) is 6.42. The van der Waals surface area contributed by atoms with E-state index in [4.69, 9.17) is 4.74 Å². The molecule has 0 unspecified atom stereocenters. The molecule has 1 heterocycles. The van der Waals surface area contributed by atoms with Crippen molar-refractivity contribution in [3.8, 4) is 11.4 Å². The Hall–Kier alpha value is -2.49. The van der Waals surface area contributed by atoms with Gasteiger partial charge in [-0.25, -0.2) is 14.8 Å². The van der Waals surface area contributed by atoms with Gasteiger partial charge in [-0.3, -0.25) is 0 Å². The third-order valence-electron chi connectivity index (χ3n) is 6.14. The number of nitrogens with zero attached hydrogens (tertiary/aromatic N) is 2.